The maximum Gasteiger partial charge on any atom is 0.357 e. The minimum atomic E-state index is -0.785. The van der Waals surface area contributed by atoms with E-state index in [4.69, 9.17) is 9.26 Å². The zero-order chi connectivity index (χ0) is 16.7. The lowest BCUT2D eigenvalue weighted by molar-refractivity contribution is 0.0517. The van der Waals surface area contributed by atoms with Crippen molar-refractivity contribution in [3.63, 3.8) is 0 Å². The Kier molecular flexibility index (Phi) is 3.51. The first-order valence-corrected chi connectivity index (χ1v) is 7.79. The Morgan fingerprint density at radius 1 is 1.50 bits per heavy atom. The summed E-state index contributed by atoms with van der Waals surface area (Å²) in [4.78, 5) is 16.5. The zero-order valence-electron chi connectivity index (χ0n) is 13.0. The number of rotatable bonds is 4. The molecule has 0 spiro atoms. The van der Waals surface area contributed by atoms with Gasteiger partial charge in [-0.3, -0.25) is 0 Å². The molecule has 0 aromatic carbocycles. The zero-order valence-corrected chi connectivity index (χ0v) is 13.0. The highest BCUT2D eigenvalue weighted by molar-refractivity contribution is 5.93. The number of hydrogen-bond acceptors (Lipinski definition) is 6. The second kappa shape index (κ2) is 5.70. The van der Waals surface area contributed by atoms with Crippen molar-refractivity contribution in [3.05, 3.63) is 35.9 Å². The molecule has 124 valence electrons. The van der Waals surface area contributed by atoms with Gasteiger partial charge in [0, 0.05) is 12.1 Å². The number of carbonyl (C=O) groups is 1. The minimum absolute atomic E-state index is 0.00553. The Morgan fingerprint density at radius 3 is 3.08 bits per heavy atom. The number of ether oxygens (including phenoxy) is 1. The molecule has 7 nitrogen and oxygen atoms in total. The van der Waals surface area contributed by atoms with Crippen molar-refractivity contribution in [1.29, 1.82) is 0 Å². The lowest BCUT2D eigenvalue weighted by atomic mass is 9.83. The van der Waals surface area contributed by atoms with E-state index in [1.165, 1.54) is 4.52 Å². The van der Waals surface area contributed by atoms with Gasteiger partial charge in [0.1, 0.15) is 6.17 Å². The van der Waals surface area contributed by atoms with E-state index in [0.717, 1.165) is 0 Å². The van der Waals surface area contributed by atoms with Crippen molar-refractivity contribution in [2.24, 2.45) is 0 Å². The largest absolute Gasteiger partial charge is 0.461 e. The van der Waals surface area contributed by atoms with Crippen LogP contribution in [0.25, 0.3) is 17.0 Å². The molecule has 0 bridgehead atoms. The quantitative estimate of drug-likeness (QED) is 0.684. The molecule has 0 radical (unpaired) electrons. The maximum absolute atomic E-state index is 13.0. The van der Waals surface area contributed by atoms with Gasteiger partial charge in [-0.1, -0.05) is 5.16 Å². The molecule has 1 saturated carbocycles. The van der Waals surface area contributed by atoms with Crippen LogP contribution in [0.5, 0.6) is 0 Å². The van der Waals surface area contributed by atoms with E-state index >= 15 is 0 Å². The van der Waals surface area contributed by atoms with E-state index in [1.807, 2.05) is 0 Å². The predicted octanol–water partition coefficient (Wildman–Crippen LogP) is 2.78. The standard InChI is InChI=1S/C16H15FN4O3/c1-2-23-16(22)13-8-11(12-4-3-5-18-21(12)13)15-19-14(20-24-15)9-6-10(17)7-9/h3-5,8-10H,2,6-7H2,1H3. The molecule has 0 amide bonds. The molecule has 3 aromatic rings. The second-order valence-corrected chi connectivity index (χ2v) is 5.71. The fraction of sp³-hybridized carbons (Fsp3) is 0.375. The predicted molar refractivity (Wildman–Crippen MR) is 81.3 cm³/mol. The Labute approximate surface area is 136 Å². The lowest BCUT2D eigenvalue weighted by Gasteiger charge is -2.26. The molecule has 8 heteroatoms. The van der Waals surface area contributed by atoms with E-state index < -0.39 is 12.1 Å². The van der Waals surface area contributed by atoms with Gasteiger partial charge in [-0.25, -0.2) is 13.7 Å². The van der Waals surface area contributed by atoms with Crippen LogP contribution in [0.3, 0.4) is 0 Å². The first-order valence-electron chi connectivity index (χ1n) is 7.79. The van der Waals surface area contributed by atoms with Gasteiger partial charge in [0.05, 0.1) is 17.7 Å². The van der Waals surface area contributed by atoms with E-state index in [2.05, 4.69) is 15.2 Å². The number of fused-ring (bicyclic) bond motifs is 1. The van der Waals surface area contributed by atoms with E-state index in [1.54, 1.807) is 31.3 Å². The van der Waals surface area contributed by atoms with Crippen molar-refractivity contribution in [1.82, 2.24) is 19.8 Å². The van der Waals surface area contributed by atoms with Crippen LogP contribution in [0, 0.1) is 0 Å². The van der Waals surface area contributed by atoms with Crippen LogP contribution >= 0.6 is 0 Å². The highest BCUT2D eigenvalue weighted by Gasteiger charge is 2.34. The summed E-state index contributed by atoms with van der Waals surface area (Å²) in [6, 6.07) is 5.18. The molecule has 1 fully saturated rings. The summed E-state index contributed by atoms with van der Waals surface area (Å²) in [5.41, 5.74) is 1.54. The van der Waals surface area contributed by atoms with E-state index in [-0.39, 0.29) is 24.1 Å². The van der Waals surface area contributed by atoms with Gasteiger partial charge in [0.15, 0.2) is 11.5 Å². The van der Waals surface area contributed by atoms with Crippen LogP contribution < -0.4 is 0 Å². The summed E-state index contributed by atoms with van der Waals surface area (Å²) < 4.78 is 24.9. The Hall–Kier alpha value is -2.77. The number of alkyl halides is 1. The smallest absolute Gasteiger partial charge is 0.357 e. The van der Waals surface area contributed by atoms with Crippen LogP contribution in [0.4, 0.5) is 4.39 Å². The normalized spacial score (nSPS) is 20.1. The molecule has 0 N–H and O–H groups in total. The topological polar surface area (TPSA) is 82.5 Å². The van der Waals surface area contributed by atoms with Crippen LogP contribution in [0.15, 0.2) is 28.9 Å². The first-order chi connectivity index (χ1) is 11.7. The average Bonchev–Trinajstić information content (AvgIpc) is 3.16. The highest BCUT2D eigenvalue weighted by atomic mass is 19.1. The van der Waals surface area contributed by atoms with Gasteiger partial charge in [0.25, 0.3) is 5.89 Å². The number of nitrogens with zero attached hydrogens (tertiary/aromatic N) is 4. The average molecular weight is 330 g/mol. The number of aromatic nitrogens is 4. The Bertz CT molecular complexity index is 898. The Balaban J connectivity index is 1.75. The summed E-state index contributed by atoms with van der Waals surface area (Å²) in [5, 5.41) is 8.13. The molecular weight excluding hydrogens is 315 g/mol. The third-order valence-electron chi connectivity index (χ3n) is 4.14. The molecule has 1 aliphatic rings. The summed E-state index contributed by atoms with van der Waals surface area (Å²) in [6.07, 6.45) is 1.64. The fourth-order valence-electron chi connectivity index (χ4n) is 2.83. The highest BCUT2D eigenvalue weighted by Crippen LogP contribution is 2.38. The molecule has 0 saturated heterocycles. The molecule has 24 heavy (non-hydrogen) atoms. The maximum atomic E-state index is 13.0. The van der Waals surface area contributed by atoms with Gasteiger partial charge in [0.2, 0.25) is 0 Å². The SMILES string of the molecule is CCOC(=O)c1cc(-c2nc(C3CC(F)C3)no2)c2cccnn12. The monoisotopic (exact) mass is 330 g/mol. The van der Waals surface area contributed by atoms with Crippen LogP contribution in [-0.2, 0) is 4.74 Å². The van der Waals surface area contributed by atoms with Gasteiger partial charge >= 0.3 is 5.97 Å². The van der Waals surface area contributed by atoms with Crippen molar-refractivity contribution in [2.45, 2.75) is 31.9 Å². The molecule has 3 heterocycles. The lowest BCUT2D eigenvalue weighted by Crippen LogP contribution is -2.23. The summed E-state index contributed by atoms with van der Waals surface area (Å²) in [6.45, 7) is 2.01. The van der Waals surface area contributed by atoms with Gasteiger partial charge in [-0.05, 0) is 38.0 Å². The van der Waals surface area contributed by atoms with E-state index in [9.17, 15) is 9.18 Å². The molecule has 3 aromatic heterocycles. The van der Waals surface area contributed by atoms with Crippen molar-refractivity contribution in [2.75, 3.05) is 6.61 Å². The number of esters is 1. The third-order valence-corrected chi connectivity index (χ3v) is 4.14. The van der Waals surface area contributed by atoms with Gasteiger partial charge < -0.3 is 9.26 Å². The molecule has 0 unspecified atom stereocenters. The number of halogens is 1. The number of hydrogen-bond donors (Lipinski definition) is 0. The Morgan fingerprint density at radius 2 is 2.33 bits per heavy atom. The van der Waals surface area contributed by atoms with Crippen LogP contribution in [0.2, 0.25) is 0 Å². The van der Waals surface area contributed by atoms with Crippen molar-refractivity contribution < 1.29 is 18.4 Å². The molecule has 4 rings (SSSR count). The van der Waals surface area contributed by atoms with E-state index in [0.29, 0.717) is 29.7 Å². The summed E-state index contributed by atoms with van der Waals surface area (Å²) in [5.74, 6) is 0.304. The molecule has 1 aliphatic carbocycles. The second-order valence-electron chi connectivity index (χ2n) is 5.71. The third kappa shape index (κ3) is 2.34. The van der Waals surface area contributed by atoms with Crippen molar-refractivity contribution >= 4 is 11.5 Å². The summed E-state index contributed by atoms with van der Waals surface area (Å²) >= 11 is 0. The van der Waals surface area contributed by atoms with Crippen molar-refractivity contribution in [3.8, 4) is 11.5 Å². The first kappa shape index (κ1) is 14.8. The van der Waals surface area contributed by atoms with Gasteiger partial charge in [-0.15, -0.1) is 0 Å². The summed E-state index contributed by atoms with van der Waals surface area (Å²) in [7, 11) is 0. The molecular formula is C16H15FN4O3. The van der Waals surface area contributed by atoms with Gasteiger partial charge in [-0.2, -0.15) is 10.1 Å². The van der Waals surface area contributed by atoms with Crippen LogP contribution in [-0.4, -0.2) is 38.5 Å². The fourth-order valence-corrected chi connectivity index (χ4v) is 2.83. The minimum Gasteiger partial charge on any atom is -0.461 e. The number of carbonyl (C=O) groups excluding carboxylic acids is 1. The molecule has 0 aliphatic heterocycles. The van der Waals surface area contributed by atoms with Crippen LogP contribution in [0.1, 0.15) is 42.0 Å². The molecule has 0 atom stereocenters.